The minimum Gasteiger partial charge on any atom is -0.258 e. The number of halogens is 1. The summed E-state index contributed by atoms with van der Waals surface area (Å²) in [7, 11) is 0. The van der Waals surface area contributed by atoms with Gasteiger partial charge in [0.1, 0.15) is 0 Å². The van der Waals surface area contributed by atoms with Crippen LogP contribution in [0.25, 0.3) is 0 Å². The molecule has 0 aromatic heterocycles. The van der Waals surface area contributed by atoms with Crippen LogP contribution in [0.4, 0.5) is 5.69 Å². The van der Waals surface area contributed by atoms with Gasteiger partial charge in [-0.3, -0.25) is 10.1 Å². The lowest BCUT2D eigenvalue weighted by molar-refractivity contribution is -0.385. The quantitative estimate of drug-likeness (QED) is 0.486. The molecule has 0 radical (unpaired) electrons. The van der Waals surface area contributed by atoms with Crippen LogP contribution < -0.4 is 0 Å². The van der Waals surface area contributed by atoms with E-state index in [1.807, 2.05) is 30.3 Å². The zero-order valence-corrected chi connectivity index (χ0v) is 10.5. The third-order valence-corrected chi connectivity index (χ3v) is 3.52. The van der Waals surface area contributed by atoms with Gasteiger partial charge in [-0.2, -0.15) is 0 Å². The Morgan fingerprint density at radius 2 is 1.59 bits per heavy atom. The maximum absolute atomic E-state index is 10.9. The van der Waals surface area contributed by atoms with Crippen LogP contribution in [0.3, 0.4) is 0 Å². The Hall–Kier alpha value is -1.68. The fraction of sp³-hybridized carbons (Fsp3) is 0.0769. The standard InChI is InChI=1S/C13H10BrNO2/c14-13(10-6-2-1-3-7-10)11-8-4-5-9-12(11)15(16)17/h1-9,13H. The van der Waals surface area contributed by atoms with Crippen molar-refractivity contribution in [2.75, 3.05) is 0 Å². The molecule has 1 atom stereocenters. The van der Waals surface area contributed by atoms with Gasteiger partial charge in [-0.05, 0) is 5.56 Å². The Morgan fingerprint density at radius 3 is 2.24 bits per heavy atom. The van der Waals surface area contributed by atoms with E-state index in [1.54, 1.807) is 18.2 Å². The van der Waals surface area contributed by atoms with E-state index < -0.39 is 0 Å². The van der Waals surface area contributed by atoms with E-state index in [1.165, 1.54) is 6.07 Å². The number of benzene rings is 2. The van der Waals surface area contributed by atoms with Crippen molar-refractivity contribution >= 4 is 21.6 Å². The average molecular weight is 292 g/mol. The number of rotatable bonds is 3. The Kier molecular flexibility index (Phi) is 3.54. The summed E-state index contributed by atoms with van der Waals surface area (Å²) in [4.78, 5) is 10.4. The molecule has 2 rings (SSSR count). The van der Waals surface area contributed by atoms with Crippen molar-refractivity contribution in [2.45, 2.75) is 4.83 Å². The zero-order valence-electron chi connectivity index (χ0n) is 8.92. The molecule has 0 saturated heterocycles. The fourth-order valence-electron chi connectivity index (χ4n) is 1.67. The highest BCUT2D eigenvalue weighted by atomic mass is 79.9. The highest BCUT2D eigenvalue weighted by molar-refractivity contribution is 9.09. The number of hydrogen-bond donors (Lipinski definition) is 0. The third-order valence-electron chi connectivity index (χ3n) is 2.50. The molecule has 0 fully saturated rings. The van der Waals surface area contributed by atoms with Crippen molar-refractivity contribution in [1.29, 1.82) is 0 Å². The lowest BCUT2D eigenvalue weighted by atomic mass is 10.0. The molecule has 3 nitrogen and oxygen atoms in total. The van der Waals surface area contributed by atoms with Crippen molar-refractivity contribution in [3.63, 3.8) is 0 Å². The first-order chi connectivity index (χ1) is 8.20. The van der Waals surface area contributed by atoms with Gasteiger partial charge < -0.3 is 0 Å². The lowest BCUT2D eigenvalue weighted by Crippen LogP contribution is -1.98. The van der Waals surface area contributed by atoms with Crippen LogP contribution in [0.5, 0.6) is 0 Å². The summed E-state index contributed by atoms with van der Waals surface area (Å²) in [6.45, 7) is 0. The maximum atomic E-state index is 10.9. The second-order valence-corrected chi connectivity index (χ2v) is 4.50. The molecule has 0 saturated carbocycles. The molecule has 0 aliphatic heterocycles. The number of nitrogens with zero attached hydrogens (tertiary/aromatic N) is 1. The molecule has 0 spiro atoms. The number of para-hydroxylation sites is 1. The van der Waals surface area contributed by atoms with Crippen LogP contribution in [0.1, 0.15) is 16.0 Å². The normalized spacial score (nSPS) is 12.1. The fourth-order valence-corrected chi connectivity index (χ4v) is 2.36. The molecular weight excluding hydrogens is 282 g/mol. The Bertz CT molecular complexity index is 528. The summed E-state index contributed by atoms with van der Waals surface area (Å²) in [6, 6.07) is 16.4. The molecule has 17 heavy (non-hydrogen) atoms. The number of nitro benzene ring substituents is 1. The summed E-state index contributed by atoms with van der Waals surface area (Å²) < 4.78 is 0. The van der Waals surface area contributed by atoms with Crippen molar-refractivity contribution in [1.82, 2.24) is 0 Å². The minimum absolute atomic E-state index is 0.137. The Labute approximate surface area is 107 Å². The molecule has 0 aliphatic carbocycles. The van der Waals surface area contributed by atoms with Crippen molar-refractivity contribution in [2.24, 2.45) is 0 Å². The maximum Gasteiger partial charge on any atom is 0.274 e. The average Bonchev–Trinajstić information content (AvgIpc) is 2.39. The monoisotopic (exact) mass is 291 g/mol. The SMILES string of the molecule is O=[N+]([O-])c1ccccc1C(Br)c1ccccc1. The summed E-state index contributed by atoms with van der Waals surface area (Å²) in [5.41, 5.74) is 1.81. The molecule has 0 amide bonds. The largest absolute Gasteiger partial charge is 0.274 e. The predicted molar refractivity (Wildman–Crippen MR) is 70.3 cm³/mol. The second kappa shape index (κ2) is 5.10. The summed E-state index contributed by atoms with van der Waals surface area (Å²) in [6.07, 6.45) is 0. The third kappa shape index (κ3) is 2.53. The second-order valence-electron chi connectivity index (χ2n) is 3.59. The first-order valence-corrected chi connectivity index (χ1v) is 6.04. The first kappa shape index (κ1) is 11.8. The Balaban J connectivity index is 2.44. The highest BCUT2D eigenvalue weighted by Gasteiger charge is 2.20. The highest BCUT2D eigenvalue weighted by Crippen LogP contribution is 2.35. The molecule has 0 aliphatic rings. The van der Waals surface area contributed by atoms with Crippen LogP contribution in [0.2, 0.25) is 0 Å². The molecule has 1 unspecified atom stereocenters. The Morgan fingerprint density at radius 1 is 1.00 bits per heavy atom. The van der Waals surface area contributed by atoms with Crippen LogP contribution in [0, 0.1) is 10.1 Å². The zero-order chi connectivity index (χ0) is 12.3. The van der Waals surface area contributed by atoms with Crippen LogP contribution in [-0.4, -0.2) is 4.92 Å². The molecular formula is C13H10BrNO2. The number of hydrogen-bond acceptors (Lipinski definition) is 2. The van der Waals surface area contributed by atoms with Crippen molar-refractivity contribution in [3.8, 4) is 0 Å². The smallest absolute Gasteiger partial charge is 0.258 e. The summed E-state index contributed by atoms with van der Waals surface area (Å²) >= 11 is 3.51. The topological polar surface area (TPSA) is 43.1 Å². The van der Waals surface area contributed by atoms with Gasteiger partial charge in [-0.25, -0.2) is 0 Å². The molecule has 0 bridgehead atoms. The van der Waals surface area contributed by atoms with E-state index in [2.05, 4.69) is 15.9 Å². The van der Waals surface area contributed by atoms with Gasteiger partial charge in [0.2, 0.25) is 0 Å². The van der Waals surface area contributed by atoms with Gasteiger partial charge >= 0.3 is 0 Å². The number of alkyl halides is 1. The molecule has 2 aromatic rings. The number of nitro groups is 1. The van der Waals surface area contributed by atoms with Crippen LogP contribution >= 0.6 is 15.9 Å². The van der Waals surface area contributed by atoms with Gasteiger partial charge in [-0.15, -0.1) is 0 Å². The lowest BCUT2D eigenvalue weighted by Gasteiger charge is -2.10. The predicted octanol–water partition coefficient (Wildman–Crippen LogP) is 4.08. The van der Waals surface area contributed by atoms with E-state index in [0.29, 0.717) is 5.56 Å². The van der Waals surface area contributed by atoms with Crippen LogP contribution in [-0.2, 0) is 0 Å². The van der Waals surface area contributed by atoms with Gasteiger partial charge in [0.05, 0.1) is 9.75 Å². The minimum atomic E-state index is -0.355. The van der Waals surface area contributed by atoms with Crippen molar-refractivity contribution in [3.05, 3.63) is 75.8 Å². The van der Waals surface area contributed by atoms with E-state index >= 15 is 0 Å². The van der Waals surface area contributed by atoms with Crippen LogP contribution in [0.15, 0.2) is 54.6 Å². The van der Waals surface area contributed by atoms with Gasteiger partial charge in [-0.1, -0.05) is 64.5 Å². The van der Waals surface area contributed by atoms with E-state index in [9.17, 15) is 10.1 Å². The van der Waals surface area contributed by atoms with Crippen molar-refractivity contribution < 1.29 is 4.92 Å². The van der Waals surface area contributed by atoms with Gasteiger partial charge in [0.25, 0.3) is 5.69 Å². The molecule has 0 heterocycles. The first-order valence-electron chi connectivity index (χ1n) is 5.12. The van der Waals surface area contributed by atoms with Gasteiger partial charge in [0, 0.05) is 11.6 Å². The molecule has 86 valence electrons. The van der Waals surface area contributed by atoms with E-state index in [-0.39, 0.29) is 15.4 Å². The molecule has 0 N–H and O–H groups in total. The summed E-state index contributed by atoms with van der Waals surface area (Å²) in [5.74, 6) is 0. The van der Waals surface area contributed by atoms with Gasteiger partial charge in [0.15, 0.2) is 0 Å². The molecule has 4 heteroatoms. The van der Waals surface area contributed by atoms with E-state index in [4.69, 9.17) is 0 Å². The van der Waals surface area contributed by atoms with E-state index in [0.717, 1.165) is 5.56 Å². The summed E-state index contributed by atoms with van der Waals surface area (Å²) in [5, 5.41) is 10.9. The molecule has 2 aromatic carbocycles.